The number of nitrogens with zero attached hydrogens (tertiary/aromatic N) is 1. The number of furan rings is 1. The predicted molar refractivity (Wildman–Crippen MR) is 73.9 cm³/mol. The molecule has 0 fully saturated rings. The van der Waals surface area contributed by atoms with Gasteiger partial charge in [-0.15, -0.1) is 0 Å². The Morgan fingerprint density at radius 3 is 2.80 bits per heavy atom. The Bertz CT molecular complexity index is 687. The molecule has 0 aliphatic carbocycles. The van der Waals surface area contributed by atoms with Crippen molar-refractivity contribution in [1.29, 1.82) is 0 Å². The van der Waals surface area contributed by atoms with E-state index < -0.39 is 0 Å². The van der Waals surface area contributed by atoms with Crippen molar-refractivity contribution in [2.24, 2.45) is 0 Å². The van der Waals surface area contributed by atoms with E-state index in [1.807, 2.05) is 30.3 Å². The molecule has 0 unspecified atom stereocenters. The Hall–Kier alpha value is -2.82. The summed E-state index contributed by atoms with van der Waals surface area (Å²) in [7, 11) is 0. The van der Waals surface area contributed by atoms with Crippen LogP contribution in [0.4, 0.5) is 0 Å². The number of carbonyl (C=O) groups excluding carboxylic acids is 1. The molecule has 3 aromatic rings. The van der Waals surface area contributed by atoms with Gasteiger partial charge in [-0.2, -0.15) is 5.10 Å². The molecule has 0 saturated carbocycles. The molecule has 0 spiro atoms. The van der Waals surface area contributed by atoms with Gasteiger partial charge in [-0.25, -0.2) is 0 Å². The van der Waals surface area contributed by atoms with Gasteiger partial charge in [0.05, 0.1) is 6.26 Å². The van der Waals surface area contributed by atoms with Gasteiger partial charge in [0.15, 0.2) is 11.5 Å². The van der Waals surface area contributed by atoms with Crippen molar-refractivity contribution in [2.75, 3.05) is 0 Å². The zero-order valence-electron chi connectivity index (χ0n) is 10.7. The maximum Gasteiger partial charge on any atom is 0.272 e. The highest BCUT2D eigenvalue weighted by molar-refractivity contribution is 5.93. The number of hydrogen-bond acceptors (Lipinski definition) is 3. The van der Waals surface area contributed by atoms with E-state index in [1.165, 1.54) is 0 Å². The number of aromatic nitrogens is 2. The third kappa shape index (κ3) is 2.61. The molecule has 0 saturated heterocycles. The van der Waals surface area contributed by atoms with Crippen LogP contribution in [0.2, 0.25) is 0 Å². The molecule has 0 radical (unpaired) electrons. The minimum atomic E-state index is -0.220. The average Bonchev–Trinajstić information content (AvgIpc) is 3.16. The minimum Gasteiger partial charge on any atom is -0.463 e. The molecule has 5 nitrogen and oxygen atoms in total. The molecule has 0 atom stereocenters. The first-order valence-electron chi connectivity index (χ1n) is 6.24. The number of aromatic amines is 1. The van der Waals surface area contributed by atoms with Crippen molar-refractivity contribution in [3.63, 3.8) is 0 Å². The van der Waals surface area contributed by atoms with Crippen LogP contribution in [-0.2, 0) is 6.54 Å². The van der Waals surface area contributed by atoms with Crippen molar-refractivity contribution in [2.45, 2.75) is 6.54 Å². The highest BCUT2D eigenvalue weighted by Gasteiger charge is 2.12. The van der Waals surface area contributed by atoms with E-state index in [-0.39, 0.29) is 5.91 Å². The molecule has 20 heavy (non-hydrogen) atoms. The van der Waals surface area contributed by atoms with E-state index in [2.05, 4.69) is 15.5 Å². The van der Waals surface area contributed by atoms with E-state index in [9.17, 15) is 4.79 Å². The number of nitrogens with one attached hydrogen (secondary N) is 2. The van der Waals surface area contributed by atoms with Crippen LogP contribution in [-0.4, -0.2) is 16.1 Å². The summed E-state index contributed by atoms with van der Waals surface area (Å²) >= 11 is 0. The van der Waals surface area contributed by atoms with Crippen molar-refractivity contribution >= 4 is 5.91 Å². The molecule has 1 amide bonds. The van der Waals surface area contributed by atoms with Gasteiger partial charge in [-0.1, -0.05) is 30.3 Å². The van der Waals surface area contributed by atoms with E-state index in [0.717, 1.165) is 5.56 Å². The number of amides is 1. The third-order valence-electron chi connectivity index (χ3n) is 2.89. The molecule has 0 bridgehead atoms. The summed E-state index contributed by atoms with van der Waals surface area (Å²) in [6.45, 7) is 0.475. The van der Waals surface area contributed by atoms with Gasteiger partial charge in [-0.3, -0.25) is 9.89 Å². The molecular formula is C15H13N3O2. The van der Waals surface area contributed by atoms with Crippen molar-refractivity contribution in [3.8, 4) is 11.5 Å². The van der Waals surface area contributed by atoms with Crippen LogP contribution in [0.25, 0.3) is 11.5 Å². The summed E-state index contributed by atoms with van der Waals surface area (Å²) < 4.78 is 5.24. The van der Waals surface area contributed by atoms with E-state index in [0.29, 0.717) is 23.7 Å². The molecule has 2 heterocycles. The molecule has 2 N–H and O–H groups in total. The summed E-state index contributed by atoms with van der Waals surface area (Å²) in [6.07, 6.45) is 1.57. The summed E-state index contributed by atoms with van der Waals surface area (Å²) in [5.41, 5.74) is 2.06. The quantitative estimate of drug-likeness (QED) is 0.763. The molecule has 3 rings (SSSR count). The zero-order chi connectivity index (χ0) is 13.8. The van der Waals surface area contributed by atoms with Crippen LogP contribution < -0.4 is 5.32 Å². The lowest BCUT2D eigenvalue weighted by Gasteiger charge is -2.02. The summed E-state index contributed by atoms with van der Waals surface area (Å²) in [6, 6.07) is 15.0. The summed E-state index contributed by atoms with van der Waals surface area (Å²) in [5.74, 6) is 0.433. The van der Waals surface area contributed by atoms with Gasteiger partial charge in [0.1, 0.15) is 5.69 Å². The lowest BCUT2D eigenvalue weighted by atomic mass is 10.2. The van der Waals surface area contributed by atoms with E-state index in [4.69, 9.17) is 4.42 Å². The fourth-order valence-corrected chi connectivity index (χ4v) is 1.86. The lowest BCUT2D eigenvalue weighted by molar-refractivity contribution is 0.0946. The second-order valence-electron chi connectivity index (χ2n) is 4.31. The normalized spacial score (nSPS) is 10.4. The van der Waals surface area contributed by atoms with E-state index in [1.54, 1.807) is 24.5 Å². The van der Waals surface area contributed by atoms with Crippen LogP contribution in [0.5, 0.6) is 0 Å². The Labute approximate surface area is 115 Å². The largest absolute Gasteiger partial charge is 0.463 e. The van der Waals surface area contributed by atoms with Crippen molar-refractivity contribution in [3.05, 3.63) is 66.1 Å². The number of H-pyrrole nitrogens is 1. The first-order chi connectivity index (χ1) is 9.83. The van der Waals surface area contributed by atoms with Crippen LogP contribution >= 0.6 is 0 Å². The molecule has 5 heteroatoms. The lowest BCUT2D eigenvalue weighted by Crippen LogP contribution is -2.23. The van der Waals surface area contributed by atoms with Crippen LogP contribution in [0.3, 0.4) is 0 Å². The second kappa shape index (κ2) is 5.44. The van der Waals surface area contributed by atoms with Crippen LogP contribution in [0, 0.1) is 0 Å². The maximum atomic E-state index is 12.0. The van der Waals surface area contributed by atoms with Crippen molar-refractivity contribution < 1.29 is 9.21 Å². The van der Waals surface area contributed by atoms with Gasteiger partial charge in [0, 0.05) is 12.6 Å². The third-order valence-corrected chi connectivity index (χ3v) is 2.89. The van der Waals surface area contributed by atoms with Gasteiger partial charge < -0.3 is 9.73 Å². The average molecular weight is 267 g/mol. The Morgan fingerprint density at radius 2 is 2.05 bits per heavy atom. The second-order valence-corrected chi connectivity index (χ2v) is 4.31. The highest BCUT2D eigenvalue weighted by Crippen LogP contribution is 2.17. The topological polar surface area (TPSA) is 70.9 Å². The number of rotatable bonds is 4. The zero-order valence-corrected chi connectivity index (χ0v) is 10.7. The van der Waals surface area contributed by atoms with Gasteiger partial charge >= 0.3 is 0 Å². The Kier molecular flexibility index (Phi) is 3.33. The monoisotopic (exact) mass is 267 g/mol. The standard InChI is InChI=1S/C15H13N3O2/c19-15(16-10-11-5-2-1-3-6-11)13-9-12(17-18-13)14-7-4-8-20-14/h1-9H,10H2,(H,16,19)(H,17,18). The first-order valence-corrected chi connectivity index (χ1v) is 6.24. The maximum absolute atomic E-state index is 12.0. The van der Waals surface area contributed by atoms with Gasteiger partial charge in [0.25, 0.3) is 5.91 Å². The fraction of sp³-hybridized carbons (Fsp3) is 0.0667. The van der Waals surface area contributed by atoms with Crippen LogP contribution in [0.1, 0.15) is 16.1 Å². The van der Waals surface area contributed by atoms with Crippen LogP contribution in [0.15, 0.2) is 59.2 Å². The van der Waals surface area contributed by atoms with Crippen molar-refractivity contribution in [1.82, 2.24) is 15.5 Å². The number of carbonyl (C=O) groups is 1. The fourth-order valence-electron chi connectivity index (χ4n) is 1.86. The summed E-state index contributed by atoms with van der Waals surface area (Å²) in [5, 5.41) is 9.59. The van der Waals surface area contributed by atoms with Gasteiger partial charge in [0.2, 0.25) is 0 Å². The number of benzene rings is 1. The molecule has 100 valence electrons. The summed E-state index contributed by atoms with van der Waals surface area (Å²) in [4.78, 5) is 12.0. The molecule has 1 aromatic carbocycles. The smallest absolute Gasteiger partial charge is 0.272 e. The van der Waals surface area contributed by atoms with E-state index >= 15 is 0 Å². The minimum absolute atomic E-state index is 0.220. The molecule has 0 aliphatic heterocycles. The predicted octanol–water partition coefficient (Wildman–Crippen LogP) is 2.60. The Morgan fingerprint density at radius 1 is 1.20 bits per heavy atom. The molecule has 0 aliphatic rings. The highest BCUT2D eigenvalue weighted by atomic mass is 16.3. The molecule has 2 aromatic heterocycles. The molecular weight excluding hydrogens is 254 g/mol. The van der Waals surface area contributed by atoms with Gasteiger partial charge in [-0.05, 0) is 17.7 Å². The first kappa shape index (κ1) is 12.2. The SMILES string of the molecule is O=C(NCc1ccccc1)c1cc(-c2ccco2)[nH]n1. The number of hydrogen-bond donors (Lipinski definition) is 2. The Balaban J connectivity index is 1.66.